The first-order chi connectivity index (χ1) is 11.0. The van der Waals surface area contributed by atoms with Crippen molar-refractivity contribution in [3.63, 3.8) is 0 Å². The number of aromatic nitrogens is 1. The van der Waals surface area contributed by atoms with Crippen molar-refractivity contribution in [2.24, 2.45) is 0 Å². The minimum absolute atomic E-state index is 0.000306. The van der Waals surface area contributed by atoms with E-state index >= 15 is 0 Å². The number of carbonyl (C=O) groups is 2. The van der Waals surface area contributed by atoms with Crippen LogP contribution in [0.5, 0.6) is 0 Å². The molecule has 0 bridgehead atoms. The molecule has 0 aliphatic heterocycles. The van der Waals surface area contributed by atoms with E-state index in [1.165, 1.54) is 11.8 Å². The number of nitrogens with zero attached hydrogens (tertiary/aromatic N) is 2. The normalized spacial score (nSPS) is 12.0. The van der Waals surface area contributed by atoms with Gasteiger partial charge in [-0.15, -0.1) is 23.1 Å². The summed E-state index contributed by atoms with van der Waals surface area (Å²) in [6.45, 7) is 4.11. The lowest BCUT2D eigenvalue weighted by molar-refractivity contribution is -0.127. The number of hydrogen-bond acceptors (Lipinski definition) is 6. The van der Waals surface area contributed by atoms with Gasteiger partial charge in [0.15, 0.2) is 5.82 Å². The van der Waals surface area contributed by atoms with Crippen LogP contribution < -0.4 is 5.32 Å². The first kappa shape index (κ1) is 17.6. The molecule has 0 aliphatic carbocycles. The van der Waals surface area contributed by atoms with Gasteiger partial charge in [0, 0.05) is 18.0 Å². The molecule has 6 nitrogen and oxygen atoms in total. The molecule has 0 aromatic carbocycles. The molecule has 124 valence electrons. The molecular weight excluding hydrogens is 334 g/mol. The third-order valence-electron chi connectivity index (χ3n) is 3.10. The van der Waals surface area contributed by atoms with Gasteiger partial charge in [0.25, 0.3) is 0 Å². The molecule has 2 aromatic heterocycles. The summed E-state index contributed by atoms with van der Waals surface area (Å²) in [6.07, 6.45) is 0. The second-order valence-electron chi connectivity index (χ2n) is 5.09. The van der Waals surface area contributed by atoms with Gasteiger partial charge in [0.05, 0.1) is 17.5 Å². The maximum Gasteiger partial charge on any atom is 0.238 e. The Kier molecular flexibility index (Phi) is 6.23. The van der Waals surface area contributed by atoms with Gasteiger partial charge in [0.1, 0.15) is 5.76 Å². The molecule has 0 fully saturated rings. The summed E-state index contributed by atoms with van der Waals surface area (Å²) in [7, 11) is 1.77. The van der Waals surface area contributed by atoms with Gasteiger partial charge in [-0.2, -0.15) is 0 Å². The van der Waals surface area contributed by atoms with E-state index in [4.69, 9.17) is 4.52 Å². The Labute approximate surface area is 143 Å². The molecule has 0 radical (unpaired) electrons. The lowest BCUT2D eigenvalue weighted by Gasteiger charge is -2.17. The molecule has 23 heavy (non-hydrogen) atoms. The predicted octanol–water partition coefficient (Wildman–Crippen LogP) is 2.76. The van der Waals surface area contributed by atoms with Crippen molar-refractivity contribution in [1.29, 1.82) is 0 Å². The second kappa shape index (κ2) is 8.16. The number of carbonyl (C=O) groups excluding carboxylic acids is 2. The highest BCUT2D eigenvalue weighted by Crippen LogP contribution is 2.16. The highest BCUT2D eigenvalue weighted by molar-refractivity contribution is 8.01. The van der Waals surface area contributed by atoms with E-state index in [1.54, 1.807) is 43.2 Å². The summed E-state index contributed by atoms with van der Waals surface area (Å²) < 4.78 is 4.89. The zero-order valence-corrected chi connectivity index (χ0v) is 14.9. The largest absolute Gasteiger partial charge is 0.360 e. The van der Waals surface area contributed by atoms with E-state index in [0.29, 0.717) is 18.1 Å². The number of nitrogens with one attached hydrogen (secondary N) is 1. The third-order valence-corrected chi connectivity index (χ3v) is 5.09. The number of thioether (sulfide) groups is 1. The highest BCUT2D eigenvalue weighted by atomic mass is 32.2. The summed E-state index contributed by atoms with van der Waals surface area (Å²) in [4.78, 5) is 26.9. The fourth-order valence-electron chi connectivity index (χ4n) is 1.76. The van der Waals surface area contributed by atoms with Crippen LogP contribution in [0.15, 0.2) is 28.1 Å². The van der Waals surface area contributed by atoms with Gasteiger partial charge < -0.3 is 14.7 Å². The van der Waals surface area contributed by atoms with Crippen molar-refractivity contribution in [3.05, 3.63) is 34.2 Å². The van der Waals surface area contributed by atoms with Crippen LogP contribution in [0.4, 0.5) is 5.82 Å². The van der Waals surface area contributed by atoms with E-state index in [-0.39, 0.29) is 22.8 Å². The van der Waals surface area contributed by atoms with Crippen LogP contribution in [0.1, 0.15) is 17.6 Å². The summed E-state index contributed by atoms with van der Waals surface area (Å²) in [5.41, 5.74) is 0. The topological polar surface area (TPSA) is 75.4 Å². The summed E-state index contributed by atoms with van der Waals surface area (Å²) in [5.74, 6) is 1.08. The van der Waals surface area contributed by atoms with E-state index in [9.17, 15) is 9.59 Å². The molecule has 0 saturated heterocycles. The van der Waals surface area contributed by atoms with Crippen LogP contribution >= 0.6 is 23.1 Å². The molecular formula is C15H19N3O3S2. The zero-order chi connectivity index (χ0) is 16.8. The molecule has 0 spiro atoms. The number of thiophene rings is 1. The molecule has 8 heteroatoms. The summed E-state index contributed by atoms with van der Waals surface area (Å²) >= 11 is 2.92. The van der Waals surface area contributed by atoms with Crippen molar-refractivity contribution < 1.29 is 14.1 Å². The van der Waals surface area contributed by atoms with Crippen molar-refractivity contribution >= 4 is 40.7 Å². The Hall–Kier alpha value is -1.80. The van der Waals surface area contributed by atoms with E-state index in [2.05, 4.69) is 10.5 Å². The van der Waals surface area contributed by atoms with Crippen molar-refractivity contribution in [3.8, 4) is 0 Å². The lowest BCUT2D eigenvalue weighted by Crippen LogP contribution is -2.30. The average molecular weight is 353 g/mol. The number of rotatable bonds is 7. The van der Waals surface area contributed by atoms with Crippen molar-refractivity contribution in [2.75, 3.05) is 18.1 Å². The van der Waals surface area contributed by atoms with Crippen LogP contribution in [0.2, 0.25) is 0 Å². The molecule has 1 N–H and O–H groups in total. The maximum atomic E-state index is 12.1. The standard InChI is InChI=1S/C15H19N3O3S2/c1-10-7-13(17-21-10)16-15(20)11(2)23-9-14(19)18(3)8-12-5-4-6-22-12/h4-7,11H,8-9H2,1-3H3,(H,16,17,20). The predicted molar refractivity (Wildman–Crippen MR) is 92.6 cm³/mol. The van der Waals surface area contributed by atoms with Crippen LogP contribution in [0.3, 0.4) is 0 Å². The quantitative estimate of drug-likeness (QED) is 0.828. The summed E-state index contributed by atoms with van der Waals surface area (Å²) in [6, 6.07) is 5.61. The lowest BCUT2D eigenvalue weighted by atomic mass is 10.4. The average Bonchev–Trinajstić information content (AvgIpc) is 3.16. The monoisotopic (exact) mass is 353 g/mol. The van der Waals surface area contributed by atoms with E-state index < -0.39 is 0 Å². The Morgan fingerprint density at radius 2 is 2.30 bits per heavy atom. The highest BCUT2D eigenvalue weighted by Gasteiger charge is 2.18. The van der Waals surface area contributed by atoms with Crippen LogP contribution in [0.25, 0.3) is 0 Å². The van der Waals surface area contributed by atoms with Gasteiger partial charge in [-0.3, -0.25) is 9.59 Å². The first-order valence-electron chi connectivity index (χ1n) is 7.08. The Bertz CT molecular complexity index is 655. The fourth-order valence-corrected chi connectivity index (χ4v) is 3.34. The van der Waals surface area contributed by atoms with Gasteiger partial charge in [0.2, 0.25) is 11.8 Å². The van der Waals surface area contributed by atoms with Gasteiger partial charge in [-0.05, 0) is 25.3 Å². The van der Waals surface area contributed by atoms with Gasteiger partial charge in [-0.25, -0.2) is 0 Å². The molecule has 0 saturated carbocycles. The van der Waals surface area contributed by atoms with Crippen molar-refractivity contribution in [1.82, 2.24) is 10.1 Å². The SMILES string of the molecule is Cc1cc(NC(=O)C(C)SCC(=O)N(C)Cc2cccs2)no1. The molecule has 2 aromatic rings. The van der Waals surface area contributed by atoms with Gasteiger partial charge >= 0.3 is 0 Å². The van der Waals surface area contributed by atoms with Crippen LogP contribution in [-0.2, 0) is 16.1 Å². The van der Waals surface area contributed by atoms with Gasteiger partial charge in [-0.1, -0.05) is 11.2 Å². The minimum atomic E-state index is -0.355. The Morgan fingerprint density at radius 1 is 1.52 bits per heavy atom. The molecule has 2 amide bonds. The van der Waals surface area contributed by atoms with Crippen LogP contribution in [-0.4, -0.2) is 39.9 Å². The van der Waals surface area contributed by atoms with Crippen molar-refractivity contribution in [2.45, 2.75) is 25.6 Å². The Morgan fingerprint density at radius 3 is 2.91 bits per heavy atom. The number of anilines is 1. The van der Waals surface area contributed by atoms with E-state index in [1.807, 2.05) is 17.5 Å². The van der Waals surface area contributed by atoms with E-state index in [0.717, 1.165) is 4.88 Å². The minimum Gasteiger partial charge on any atom is -0.360 e. The maximum absolute atomic E-state index is 12.1. The molecule has 2 rings (SSSR count). The number of aryl methyl sites for hydroxylation is 1. The molecule has 1 unspecified atom stereocenters. The second-order valence-corrected chi connectivity index (χ2v) is 7.46. The summed E-state index contributed by atoms with van der Waals surface area (Å²) in [5, 5.41) is 8.01. The molecule has 1 atom stereocenters. The fraction of sp³-hybridized carbons (Fsp3) is 0.400. The Balaban J connectivity index is 1.75. The number of hydrogen-bond donors (Lipinski definition) is 1. The molecule has 0 aliphatic rings. The smallest absolute Gasteiger partial charge is 0.238 e. The first-order valence-corrected chi connectivity index (χ1v) is 9.00. The third kappa shape index (κ3) is 5.40. The zero-order valence-electron chi connectivity index (χ0n) is 13.2. The van der Waals surface area contributed by atoms with Crippen LogP contribution in [0, 0.1) is 6.92 Å². The number of amides is 2. The molecule has 2 heterocycles.